The first-order chi connectivity index (χ1) is 14.0. The number of nitrogens with one attached hydrogen (secondary N) is 4. The van der Waals surface area contributed by atoms with Gasteiger partial charge in [-0.2, -0.15) is 0 Å². The summed E-state index contributed by atoms with van der Waals surface area (Å²) in [4.78, 5) is 24.2. The molecule has 0 spiro atoms. The molecule has 3 aromatic rings. The zero-order valence-corrected chi connectivity index (χ0v) is 16.7. The lowest BCUT2D eigenvalue weighted by molar-refractivity contribution is 0.250. The number of H-pyrrole nitrogens is 1. The molecule has 7 nitrogen and oxygen atoms in total. The van der Waals surface area contributed by atoms with Gasteiger partial charge >= 0.3 is 6.03 Å². The van der Waals surface area contributed by atoms with Gasteiger partial charge in [-0.3, -0.25) is 5.32 Å². The Morgan fingerprint density at radius 1 is 1.21 bits per heavy atom. The Labute approximate surface area is 169 Å². The van der Waals surface area contributed by atoms with E-state index in [1.165, 1.54) is 6.21 Å². The van der Waals surface area contributed by atoms with Crippen LogP contribution < -0.4 is 10.6 Å². The van der Waals surface area contributed by atoms with Gasteiger partial charge in [-0.05, 0) is 51.1 Å². The number of benzene rings is 1. The molecular weight excluding hydrogens is 364 g/mol. The lowest BCUT2D eigenvalue weighted by Crippen LogP contribution is -2.34. The topological polar surface area (TPSA) is 107 Å². The van der Waals surface area contributed by atoms with Crippen molar-refractivity contribution in [3.63, 3.8) is 0 Å². The molecule has 0 radical (unpaired) electrons. The SMILES string of the molecule is Cc1cccc(-c2nc(/C=C\C=N)[nH]c2-c2ccnc(NC(=O)NC(C)C)c2)c1. The lowest BCUT2D eigenvalue weighted by Gasteiger charge is -2.10. The van der Waals surface area contributed by atoms with Gasteiger partial charge in [-0.15, -0.1) is 0 Å². The summed E-state index contributed by atoms with van der Waals surface area (Å²) < 4.78 is 0. The number of allylic oxidation sites excluding steroid dienone is 1. The number of pyridine rings is 1. The van der Waals surface area contributed by atoms with E-state index in [-0.39, 0.29) is 12.1 Å². The average Bonchev–Trinajstić information content (AvgIpc) is 3.10. The third kappa shape index (κ3) is 5.16. The molecule has 29 heavy (non-hydrogen) atoms. The number of carbonyl (C=O) groups is 1. The number of hydrogen-bond acceptors (Lipinski definition) is 4. The van der Waals surface area contributed by atoms with Crippen molar-refractivity contribution in [1.29, 1.82) is 5.41 Å². The molecule has 0 unspecified atom stereocenters. The Morgan fingerprint density at radius 3 is 2.76 bits per heavy atom. The highest BCUT2D eigenvalue weighted by Gasteiger charge is 2.15. The Balaban J connectivity index is 2.02. The summed E-state index contributed by atoms with van der Waals surface area (Å²) in [6.07, 6.45) is 6.20. The van der Waals surface area contributed by atoms with E-state index in [9.17, 15) is 4.79 Å². The van der Waals surface area contributed by atoms with Gasteiger partial charge in [-0.25, -0.2) is 14.8 Å². The summed E-state index contributed by atoms with van der Waals surface area (Å²) in [7, 11) is 0. The monoisotopic (exact) mass is 388 g/mol. The smallest absolute Gasteiger partial charge is 0.320 e. The van der Waals surface area contributed by atoms with Crippen molar-refractivity contribution in [3.05, 3.63) is 60.1 Å². The molecule has 0 atom stereocenters. The molecule has 7 heteroatoms. The van der Waals surface area contributed by atoms with Crippen LogP contribution in [0.25, 0.3) is 28.6 Å². The number of imidazole rings is 1. The third-order valence-corrected chi connectivity index (χ3v) is 4.07. The Hall–Kier alpha value is -3.74. The summed E-state index contributed by atoms with van der Waals surface area (Å²) >= 11 is 0. The third-order valence-electron chi connectivity index (χ3n) is 4.07. The van der Waals surface area contributed by atoms with Crippen molar-refractivity contribution in [3.8, 4) is 22.5 Å². The van der Waals surface area contributed by atoms with Crippen LogP contribution in [0.1, 0.15) is 25.2 Å². The second-order valence-electron chi connectivity index (χ2n) is 6.92. The zero-order chi connectivity index (χ0) is 20.8. The van der Waals surface area contributed by atoms with Crippen molar-refractivity contribution in [2.45, 2.75) is 26.8 Å². The number of nitrogens with zero attached hydrogens (tertiary/aromatic N) is 2. The molecule has 0 bridgehead atoms. The molecule has 2 amide bonds. The maximum atomic E-state index is 12.0. The van der Waals surface area contributed by atoms with E-state index in [1.54, 1.807) is 24.4 Å². The molecule has 1 aromatic carbocycles. The number of aromatic nitrogens is 3. The molecule has 4 N–H and O–H groups in total. The van der Waals surface area contributed by atoms with E-state index < -0.39 is 0 Å². The second kappa shape index (κ2) is 8.97. The van der Waals surface area contributed by atoms with Crippen molar-refractivity contribution in [2.75, 3.05) is 5.32 Å². The van der Waals surface area contributed by atoms with Gasteiger partial charge in [0.25, 0.3) is 0 Å². The van der Waals surface area contributed by atoms with E-state index in [0.717, 1.165) is 28.1 Å². The number of urea groups is 1. The van der Waals surface area contributed by atoms with E-state index in [1.807, 2.05) is 45.0 Å². The largest absolute Gasteiger partial charge is 0.338 e. The van der Waals surface area contributed by atoms with Gasteiger partial charge in [0, 0.05) is 29.6 Å². The molecule has 3 rings (SSSR count). The first-order valence-corrected chi connectivity index (χ1v) is 9.34. The minimum atomic E-state index is -0.303. The van der Waals surface area contributed by atoms with Crippen LogP contribution in [-0.2, 0) is 0 Å². The number of anilines is 1. The van der Waals surface area contributed by atoms with Crippen LogP contribution in [0.15, 0.2) is 48.7 Å². The molecule has 0 saturated heterocycles. The maximum absolute atomic E-state index is 12.0. The fraction of sp³-hybridized carbons (Fsp3) is 0.182. The van der Waals surface area contributed by atoms with Gasteiger partial charge in [0.2, 0.25) is 0 Å². The zero-order valence-electron chi connectivity index (χ0n) is 16.7. The van der Waals surface area contributed by atoms with Crippen LogP contribution >= 0.6 is 0 Å². The summed E-state index contributed by atoms with van der Waals surface area (Å²) in [5.74, 6) is 1.09. The van der Waals surface area contributed by atoms with E-state index in [0.29, 0.717) is 11.6 Å². The fourth-order valence-corrected chi connectivity index (χ4v) is 2.89. The normalized spacial score (nSPS) is 11.0. The van der Waals surface area contributed by atoms with Crippen molar-refractivity contribution in [2.24, 2.45) is 0 Å². The highest BCUT2D eigenvalue weighted by atomic mass is 16.2. The summed E-state index contributed by atoms with van der Waals surface area (Å²) in [6, 6.07) is 11.5. The molecular formula is C22H24N6O. The maximum Gasteiger partial charge on any atom is 0.320 e. The Morgan fingerprint density at radius 2 is 2.03 bits per heavy atom. The van der Waals surface area contributed by atoms with Crippen LogP contribution in [0.2, 0.25) is 0 Å². The molecule has 0 aliphatic carbocycles. The second-order valence-corrected chi connectivity index (χ2v) is 6.92. The average molecular weight is 388 g/mol. The molecule has 0 aliphatic heterocycles. The number of amides is 2. The molecule has 0 fully saturated rings. The predicted molar refractivity (Wildman–Crippen MR) is 117 cm³/mol. The highest BCUT2D eigenvalue weighted by Crippen LogP contribution is 2.31. The minimum absolute atomic E-state index is 0.0295. The number of aromatic amines is 1. The first kappa shape index (κ1) is 20.0. The van der Waals surface area contributed by atoms with Crippen molar-refractivity contribution >= 4 is 24.1 Å². The molecule has 0 aliphatic rings. The summed E-state index contributed by atoms with van der Waals surface area (Å²) in [5, 5.41) is 12.7. The van der Waals surface area contributed by atoms with Gasteiger partial charge in [-0.1, -0.05) is 23.8 Å². The van der Waals surface area contributed by atoms with Gasteiger partial charge < -0.3 is 15.7 Å². The molecule has 2 aromatic heterocycles. The van der Waals surface area contributed by atoms with Crippen molar-refractivity contribution in [1.82, 2.24) is 20.3 Å². The minimum Gasteiger partial charge on any atom is -0.338 e. The first-order valence-electron chi connectivity index (χ1n) is 9.34. The van der Waals surface area contributed by atoms with E-state index in [4.69, 9.17) is 10.4 Å². The molecule has 0 saturated carbocycles. The number of hydrogen-bond donors (Lipinski definition) is 4. The molecule has 2 heterocycles. The van der Waals surface area contributed by atoms with Gasteiger partial charge in [0.15, 0.2) is 0 Å². The molecule has 148 valence electrons. The fourth-order valence-electron chi connectivity index (χ4n) is 2.89. The highest BCUT2D eigenvalue weighted by molar-refractivity contribution is 5.89. The van der Waals surface area contributed by atoms with Gasteiger partial charge in [0.05, 0.1) is 11.4 Å². The quantitative estimate of drug-likeness (QED) is 0.462. The van der Waals surface area contributed by atoms with Crippen LogP contribution in [0, 0.1) is 12.3 Å². The van der Waals surface area contributed by atoms with Crippen LogP contribution in [0.4, 0.5) is 10.6 Å². The van der Waals surface area contributed by atoms with Crippen LogP contribution in [-0.4, -0.2) is 33.2 Å². The standard InChI is InChI=1S/C22H24N6O/c1-14(2)25-22(29)28-19-13-17(9-11-24-19)21-20(16-7-4-6-15(3)12-16)26-18(27-21)8-5-10-23/h4-14,23H,1-3H3,(H,26,27)(H2,24,25,28,29)/b8-5-,23-10?. The lowest BCUT2D eigenvalue weighted by atomic mass is 10.0. The van der Waals surface area contributed by atoms with Crippen LogP contribution in [0.5, 0.6) is 0 Å². The van der Waals surface area contributed by atoms with E-state index >= 15 is 0 Å². The Kier molecular flexibility index (Phi) is 6.19. The van der Waals surface area contributed by atoms with Crippen molar-refractivity contribution < 1.29 is 4.79 Å². The van der Waals surface area contributed by atoms with Crippen LogP contribution in [0.3, 0.4) is 0 Å². The predicted octanol–water partition coefficient (Wildman–Crippen LogP) is 4.64. The number of rotatable bonds is 6. The summed E-state index contributed by atoms with van der Waals surface area (Å²) in [5.41, 5.74) is 4.57. The number of aryl methyl sites for hydroxylation is 1. The van der Waals surface area contributed by atoms with Gasteiger partial charge in [0.1, 0.15) is 11.6 Å². The Bertz CT molecular complexity index is 1050. The number of carbonyl (C=O) groups excluding carboxylic acids is 1. The van der Waals surface area contributed by atoms with E-state index in [2.05, 4.69) is 26.7 Å². The summed E-state index contributed by atoms with van der Waals surface area (Å²) in [6.45, 7) is 5.82.